The van der Waals surface area contributed by atoms with Gasteiger partial charge in [-0.15, -0.1) is 0 Å². The molecule has 118 valence electrons. The van der Waals surface area contributed by atoms with Gasteiger partial charge in [-0.3, -0.25) is 4.90 Å². The Balaban J connectivity index is 2.00. The van der Waals surface area contributed by atoms with Gasteiger partial charge in [0.25, 0.3) is 0 Å². The molecule has 3 atom stereocenters. The molecule has 2 aliphatic rings. The van der Waals surface area contributed by atoms with Crippen LogP contribution in [0.1, 0.15) is 66.2 Å². The lowest BCUT2D eigenvalue weighted by Crippen LogP contribution is -2.48. The first-order valence-electron chi connectivity index (χ1n) is 9.05. The van der Waals surface area contributed by atoms with Crippen molar-refractivity contribution in [2.45, 2.75) is 78.3 Å². The number of nitrogens with zero attached hydrogens (tertiary/aromatic N) is 1. The smallest absolute Gasteiger partial charge is 0.0197 e. The van der Waals surface area contributed by atoms with Crippen LogP contribution in [0.15, 0.2) is 0 Å². The zero-order valence-electron chi connectivity index (χ0n) is 14.2. The molecule has 1 saturated carbocycles. The largest absolute Gasteiger partial charge is 0.313 e. The average Bonchev–Trinajstić information content (AvgIpc) is 2.63. The maximum Gasteiger partial charge on any atom is 0.0197 e. The molecule has 1 aliphatic carbocycles. The van der Waals surface area contributed by atoms with Crippen LogP contribution in [0.2, 0.25) is 0 Å². The second kappa shape index (κ2) is 7.79. The Morgan fingerprint density at radius 3 is 2.50 bits per heavy atom. The third kappa shape index (κ3) is 4.46. The van der Waals surface area contributed by atoms with Crippen molar-refractivity contribution in [3.8, 4) is 0 Å². The number of nitrogens with one attached hydrogen (secondary N) is 1. The van der Waals surface area contributed by atoms with Crippen LogP contribution in [-0.4, -0.2) is 36.6 Å². The molecule has 0 aromatic carbocycles. The molecule has 0 aromatic heterocycles. The minimum Gasteiger partial charge on any atom is -0.313 e. The maximum absolute atomic E-state index is 3.78. The van der Waals surface area contributed by atoms with Crippen molar-refractivity contribution in [1.82, 2.24) is 10.2 Å². The first-order chi connectivity index (χ1) is 9.58. The standard InChI is InChI=1S/C18H36N2/c1-14(2)12-16-13-20(11-7-10-19-16)18-9-6-5-8-17(18)15(3)4/h14-19H,5-13H2,1-4H3. The Kier molecular flexibility index (Phi) is 6.35. The summed E-state index contributed by atoms with van der Waals surface area (Å²) >= 11 is 0. The minimum absolute atomic E-state index is 0.715. The second-order valence-electron chi connectivity index (χ2n) is 7.89. The molecule has 2 nitrogen and oxygen atoms in total. The molecule has 0 spiro atoms. The quantitative estimate of drug-likeness (QED) is 0.840. The van der Waals surface area contributed by atoms with E-state index in [4.69, 9.17) is 0 Å². The van der Waals surface area contributed by atoms with Gasteiger partial charge in [0.15, 0.2) is 0 Å². The van der Waals surface area contributed by atoms with Crippen molar-refractivity contribution >= 4 is 0 Å². The highest BCUT2D eigenvalue weighted by Gasteiger charge is 2.33. The molecule has 1 N–H and O–H groups in total. The van der Waals surface area contributed by atoms with E-state index in [-0.39, 0.29) is 0 Å². The summed E-state index contributed by atoms with van der Waals surface area (Å²) in [7, 11) is 0. The molecular weight excluding hydrogens is 244 g/mol. The Morgan fingerprint density at radius 1 is 1.05 bits per heavy atom. The molecule has 3 unspecified atom stereocenters. The van der Waals surface area contributed by atoms with Crippen molar-refractivity contribution in [3.05, 3.63) is 0 Å². The van der Waals surface area contributed by atoms with Gasteiger partial charge in [0.1, 0.15) is 0 Å². The fraction of sp³-hybridized carbons (Fsp3) is 1.00. The number of hydrogen-bond donors (Lipinski definition) is 1. The molecule has 0 aromatic rings. The van der Waals surface area contributed by atoms with Crippen LogP contribution >= 0.6 is 0 Å². The highest BCUT2D eigenvalue weighted by Crippen LogP contribution is 2.34. The summed E-state index contributed by atoms with van der Waals surface area (Å²) in [5.41, 5.74) is 0. The van der Waals surface area contributed by atoms with Gasteiger partial charge in [0.05, 0.1) is 0 Å². The predicted molar refractivity (Wildman–Crippen MR) is 88.0 cm³/mol. The molecule has 2 fully saturated rings. The molecule has 0 amide bonds. The molecule has 1 saturated heterocycles. The van der Waals surface area contributed by atoms with Crippen molar-refractivity contribution < 1.29 is 0 Å². The highest BCUT2D eigenvalue weighted by molar-refractivity contribution is 4.88. The third-order valence-corrected chi connectivity index (χ3v) is 5.37. The van der Waals surface area contributed by atoms with Gasteiger partial charge in [-0.05, 0) is 56.5 Å². The van der Waals surface area contributed by atoms with E-state index >= 15 is 0 Å². The first-order valence-corrected chi connectivity index (χ1v) is 9.05. The molecule has 2 heteroatoms. The minimum atomic E-state index is 0.715. The zero-order chi connectivity index (χ0) is 14.5. The normalized spacial score (nSPS) is 33.6. The van der Waals surface area contributed by atoms with Crippen LogP contribution in [0.5, 0.6) is 0 Å². The van der Waals surface area contributed by atoms with E-state index in [0.717, 1.165) is 23.8 Å². The summed E-state index contributed by atoms with van der Waals surface area (Å²) in [5.74, 6) is 2.58. The van der Waals surface area contributed by atoms with Gasteiger partial charge in [-0.1, -0.05) is 40.5 Å². The zero-order valence-corrected chi connectivity index (χ0v) is 14.2. The lowest BCUT2D eigenvalue weighted by atomic mass is 9.77. The van der Waals surface area contributed by atoms with Crippen LogP contribution in [0, 0.1) is 17.8 Å². The number of rotatable bonds is 4. The van der Waals surface area contributed by atoms with Crippen LogP contribution < -0.4 is 5.32 Å². The monoisotopic (exact) mass is 280 g/mol. The van der Waals surface area contributed by atoms with Gasteiger partial charge in [0.2, 0.25) is 0 Å². The lowest BCUT2D eigenvalue weighted by molar-refractivity contribution is 0.0754. The SMILES string of the molecule is CC(C)CC1CN(C2CCCCC2C(C)C)CCCN1. The van der Waals surface area contributed by atoms with E-state index in [0.29, 0.717) is 6.04 Å². The second-order valence-corrected chi connectivity index (χ2v) is 7.89. The van der Waals surface area contributed by atoms with Crippen molar-refractivity contribution in [2.24, 2.45) is 17.8 Å². The van der Waals surface area contributed by atoms with Gasteiger partial charge in [-0.2, -0.15) is 0 Å². The van der Waals surface area contributed by atoms with Crippen LogP contribution in [0.25, 0.3) is 0 Å². The van der Waals surface area contributed by atoms with Gasteiger partial charge in [0, 0.05) is 18.6 Å². The Bertz CT molecular complexity index is 275. The van der Waals surface area contributed by atoms with E-state index in [2.05, 4.69) is 37.9 Å². The van der Waals surface area contributed by atoms with Gasteiger partial charge in [-0.25, -0.2) is 0 Å². The summed E-state index contributed by atoms with van der Waals surface area (Å²) in [6, 6.07) is 1.57. The van der Waals surface area contributed by atoms with Crippen molar-refractivity contribution in [3.63, 3.8) is 0 Å². The molecule has 20 heavy (non-hydrogen) atoms. The van der Waals surface area contributed by atoms with Gasteiger partial charge < -0.3 is 5.32 Å². The van der Waals surface area contributed by atoms with Gasteiger partial charge >= 0.3 is 0 Å². The summed E-state index contributed by atoms with van der Waals surface area (Å²) in [6.07, 6.45) is 8.47. The van der Waals surface area contributed by atoms with Crippen LogP contribution in [0.4, 0.5) is 0 Å². The molecule has 0 radical (unpaired) electrons. The summed E-state index contributed by atoms with van der Waals surface area (Å²) in [4.78, 5) is 2.86. The Labute approximate surface area is 126 Å². The molecule has 0 bridgehead atoms. The topological polar surface area (TPSA) is 15.3 Å². The van der Waals surface area contributed by atoms with E-state index in [9.17, 15) is 0 Å². The fourth-order valence-electron chi connectivity index (χ4n) is 4.43. The molecule has 1 aliphatic heterocycles. The van der Waals surface area contributed by atoms with Crippen molar-refractivity contribution in [1.29, 1.82) is 0 Å². The molecule has 2 rings (SSSR count). The van der Waals surface area contributed by atoms with E-state index in [1.165, 1.54) is 58.2 Å². The fourth-order valence-corrected chi connectivity index (χ4v) is 4.43. The molecular formula is C18H36N2. The van der Waals surface area contributed by atoms with E-state index < -0.39 is 0 Å². The van der Waals surface area contributed by atoms with E-state index in [1.54, 1.807) is 0 Å². The average molecular weight is 280 g/mol. The van der Waals surface area contributed by atoms with Crippen LogP contribution in [0.3, 0.4) is 0 Å². The highest BCUT2D eigenvalue weighted by atomic mass is 15.2. The summed E-state index contributed by atoms with van der Waals surface area (Å²) in [5, 5.41) is 3.78. The molecule has 1 heterocycles. The summed E-state index contributed by atoms with van der Waals surface area (Å²) < 4.78 is 0. The Hall–Kier alpha value is -0.0800. The maximum atomic E-state index is 3.78. The first kappa shape index (κ1) is 16.3. The van der Waals surface area contributed by atoms with Crippen LogP contribution in [-0.2, 0) is 0 Å². The van der Waals surface area contributed by atoms with E-state index in [1.807, 2.05) is 0 Å². The number of hydrogen-bond acceptors (Lipinski definition) is 2. The van der Waals surface area contributed by atoms with Crippen molar-refractivity contribution in [2.75, 3.05) is 19.6 Å². The third-order valence-electron chi connectivity index (χ3n) is 5.37. The predicted octanol–water partition coefficient (Wildman–Crippen LogP) is 3.91. The summed E-state index contributed by atoms with van der Waals surface area (Å²) in [6.45, 7) is 13.4. The Morgan fingerprint density at radius 2 is 1.80 bits per heavy atom. The lowest BCUT2D eigenvalue weighted by Gasteiger charge is -2.42.